The van der Waals surface area contributed by atoms with Gasteiger partial charge in [-0.15, -0.1) is 0 Å². The van der Waals surface area contributed by atoms with Gasteiger partial charge in [0.05, 0.1) is 27.7 Å². The van der Waals surface area contributed by atoms with Crippen LogP contribution in [0.3, 0.4) is 0 Å². The number of nitrogens with zero attached hydrogens (tertiary/aromatic N) is 1. The van der Waals surface area contributed by atoms with Gasteiger partial charge in [-0.2, -0.15) is 0 Å². The minimum Gasteiger partial charge on any atom is -0.331 e. The molecule has 1 nitrogen and oxygen atoms in total. The average Bonchev–Trinajstić information content (AvgIpc) is 2.10. The molecule has 1 saturated carbocycles. The topological polar surface area (TPSA) is 0 Å². The van der Waals surface area contributed by atoms with E-state index in [9.17, 15) is 0 Å². The van der Waals surface area contributed by atoms with Crippen LogP contribution in [0.15, 0.2) is 0 Å². The standard InChI is InChI=1S/C10H22N/c1-9-5-6-10(7-9)8-11(2,3)4/h9-10H,5-8H2,1-4H3/q+1/t9-,10+/m1/s1. The first kappa shape index (κ1) is 9.05. The summed E-state index contributed by atoms with van der Waals surface area (Å²) in [7, 11) is 6.88. The second-order valence-corrected chi connectivity index (χ2v) is 5.26. The molecular weight excluding hydrogens is 134 g/mol. The van der Waals surface area contributed by atoms with Gasteiger partial charge in [-0.3, -0.25) is 0 Å². The Hall–Kier alpha value is -0.0400. The molecule has 0 saturated heterocycles. The molecule has 2 atom stereocenters. The molecule has 1 aliphatic carbocycles. The molecule has 11 heavy (non-hydrogen) atoms. The summed E-state index contributed by atoms with van der Waals surface area (Å²) in [4.78, 5) is 0. The maximum atomic E-state index is 2.38. The van der Waals surface area contributed by atoms with Crippen LogP contribution in [-0.4, -0.2) is 32.2 Å². The summed E-state index contributed by atoms with van der Waals surface area (Å²) in [5, 5.41) is 0. The van der Waals surface area contributed by atoms with Gasteiger partial charge in [-0.1, -0.05) is 13.3 Å². The summed E-state index contributed by atoms with van der Waals surface area (Å²) in [6, 6.07) is 0. The van der Waals surface area contributed by atoms with Crippen LogP contribution < -0.4 is 0 Å². The van der Waals surface area contributed by atoms with Crippen molar-refractivity contribution in [1.82, 2.24) is 0 Å². The van der Waals surface area contributed by atoms with E-state index in [2.05, 4.69) is 28.1 Å². The Balaban J connectivity index is 2.29. The van der Waals surface area contributed by atoms with Crippen LogP contribution in [0, 0.1) is 11.8 Å². The molecule has 1 aliphatic rings. The van der Waals surface area contributed by atoms with Gasteiger partial charge in [0.1, 0.15) is 0 Å². The van der Waals surface area contributed by atoms with E-state index in [1.165, 1.54) is 25.8 Å². The Kier molecular flexibility index (Phi) is 2.58. The second-order valence-electron chi connectivity index (χ2n) is 5.26. The van der Waals surface area contributed by atoms with Crippen molar-refractivity contribution in [3.05, 3.63) is 0 Å². The molecule has 66 valence electrons. The SMILES string of the molecule is C[C@@H]1CC[C@H](C[N+](C)(C)C)C1. The molecule has 0 aromatic heterocycles. The van der Waals surface area contributed by atoms with Crippen molar-refractivity contribution >= 4 is 0 Å². The first-order chi connectivity index (χ1) is 4.97. The highest BCUT2D eigenvalue weighted by molar-refractivity contribution is 4.71. The third-order valence-electron chi connectivity index (χ3n) is 2.61. The monoisotopic (exact) mass is 156 g/mol. The zero-order chi connectivity index (χ0) is 8.48. The number of rotatable bonds is 2. The summed E-state index contributed by atoms with van der Waals surface area (Å²) in [5.41, 5.74) is 0. The van der Waals surface area contributed by atoms with Gasteiger partial charge < -0.3 is 4.48 Å². The van der Waals surface area contributed by atoms with E-state index in [4.69, 9.17) is 0 Å². The minimum absolute atomic E-state index is 0.992. The third-order valence-corrected chi connectivity index (χ3v) is 2.61. The Bertz CT molecular complexity index is 123. The van der Waals surface area contributed by atoms with Crippen LogP contribution in [0.4, 0.5) is 0 Å². The third kappa shape index (κ3) is 3.24. The Morgan fingerprint density at radius 3 is 2.18 bits per heavy atom. The van der Waals surface area contributed by atoms with E-state index >= 15 is 0 Å². The Morgan fingerprint density at radius 1 is 1.18 bits per heavy atom. The lowest BCUT2D eigenvalue weighted by Gasteiger charge is -2.27. The van der Waals surface area contributed by atoms with Gasteiger partial charge in [0.15, 0.2) is 0 Å². The van der Waals surface area contributed by atoms with Gasteiger partial charge in [-0.05, 0) is 18.8 Å². The molecule has 0 aromatic rings. The van der Waals surface area contributed by atoms with Crippen molar-refractivity contribution in [1.29, 1.82) is 0 Å². The molecule has 0 unspecified atom stereocenters. The molecule has 0 bridgehead atoms. The number of hydrogen-bond acceptors (Lipinski definition) is 0. The molecule has 0 amide bonds. The van der Waals surface area contributed by atoms with Crippen LogP contribution in [0.1, 0.15) is 26.2 Å². The number of hydrogen-bond donors (Lipinski definition) is 0. The fourth-order valence-electron chi connectivity index (χ4n) is 2.27. The van der Waals surface area contributed by atoms with Crippen molar-refractivity contribution in [3.63, 3.8) is 0 Å². The van der Waals surface area contributed by atoms with E-state index in [0.29, 0.717) is 0 Å². The maximum Gasteiger partial charge on any atom is 0.0809 e. The fraction of sp³-hybridized carbons (Fsp3) is 1.00. The lowest BCUT2D eigenvalue weighted by atomic mass is 10.1. The summed E-state index contributed by atoms with van der Waals surface area (Å²) in [6.07, 6.45) is 4.40. The van der Waals surface area contributed by atoms with Gasteiger partial charge in [0.2, 0.25) is 0 Å². The highest BCUT2D eigenvalue weighted by Crippen LogP contribution is 2.31. The minimum atomic E-state index is 0.992. The molecule has 0 heterocycles. The molecule has 1 rings (SSSR count). The lowest BCUT2D eigenvalue weighted by Crippen LogP contribution is -2.38. The van der Waals surface area contributed by atoms with Gasteiger partial charge in [0.25, 0.3) is 0 Å². The van der Waals surface area contributed by atoms with E-state index in [1.54, 1.807) is 0 Å². The summed E-state index contributed by atoms with van der Waals surface area (Å²) >= 11 is 0. The summed E-state index contributed by atoms with van der Waals surface area (Å²) in [5.74, 6) is 2.00. The average molecular weight is 156 g/mol. The quantitative estimate of drug-likeness (QED) is 0.537. The van der Waals surface area contributed by atoms with Crippen LogP contribution in [0.5, 0.6) is 0 Å². The molecular formula is C10H22N+. The zero-order valence-electron chi connectivity index (χ0n) is 8.43. The molecule has 0 spiro atoms. The Labute approximate surface area is 71.0 Å². The van der Waals surface area contributed by atoms with Gasteiger partial charge in [-0.25, -0.2) is 0 Å². The van der Waals surface area contributed by atoms with Gasteiger partial charge >= 0.3 is 0 Å². The van der Waals surface area contributed by atoms with Crippen molar-refractivity contribution in [3.8, 4) is 0 Å². The number of quaternary nitrogens is 1. The van der Waals surface area contributed by atoms with Crippen molar-refractivity contribution in [2.45, 2.75) is 26.2 Å². The second kappa shape index (κ2) is 3.14. The smallest absolute Gasteiger partial charge is 0.0809 e. The first-order valence-corrected chi connectivity index (χ1v) is 4.78. The van der Waals surface area contributed by atoms with E-state index in [0.717, 1.165) is 16.3 Å². The Morgan fingerprint density at radius 2 is 1.82 bits per heavy atom. The normalized spacial score (nSPS) is 32.7. The maximum absolute atomic E-state index is 2.38. The highest BCUT2D eigenvalue weighted by atomic mass is 15.3. The molecule has 0 aromatic carbocycles. The molecule has 1 fully saturated rings. The molecule has 1 heteroatoms. The molecule has 0 N–H and O–H groups in total. The fourth-order valence-corrected chi connectivity index (χ4v) is 2.27. The predicted octanol–water partition coefficient (Wildman–Crippen LogP) is 2.13. The van der Waals surface area contributed by atoms with Gasteiger partial charge in [0, 0.05) is 5.92 Å². The van der Waals surface area contributed by atoms with Crippen LogP contribution >= 0.6 is 0 Å². The van der Waals surface area contributed by atoms with Crippen LogP contribution in [0.25, 0.3) is 0 Å². The van der Waals surface area contributed by atoms with E-state index < -0.39 is 0 Å². The zero-order valence-corrected chi connectivity index (χ0v) is 8.43. The molecule has 0 aliphatic heterocycles. The summed E-state index contributed by atoms with van der Waals surface area (Å²) in [6.45, 7) is 3.75. The van der Waals surface area contributed by atoms with Crippen molar-refractivity contribution in [2.75, 3.05) is 27.7 Å². The first-order valence-electron chi connectivity index (χ1n) is 4.78. The molecule has 0 radical (unpaired) electrons. The highest BCUT2D eigenvalue weighted by Gasteiger charge is 2.25. The lowest BCUT2D eigenvalue weighted by molar-refractivity contribution is -0.873. The van der Waals surface area contributed by atoms with Crippen LogP contribution in [-0.2, 0) is 0 Å². The largest absolute Gasteiger partial charge is 0.331 e. The van der Waals surface area contributed by atoms with Crippen molar-refractivity contribution < 1.29 is 4.48 Å². The van der Waals surface area contributed by atoms with E-state index in [-0.39, 0.29) is 0 Å². The van der Waals surface area contributed by atoms with Crippen molar-refractivity contribution in [2.24, 2.45) is 11.8 Å². The predicted molar refractivity (Wildman–Crippen MR) is 49.4 cm³/mol. The van der Waals surface area contributed by atoms with E-state index in [1.807, 2.05) is 0 Å². The van der Waals surface area contributed by atoms with Crippen LogP contribution in [0.2, 0.25) is 0 Å². The summed E-state index contributed by atoms with van der Waals surface area (Å²) < 4.78 is 1.14.